The molecule has 3 rings (SSSR count). The van der Waals surface area contributed by atoms with Crippen molar-refractivity contribution in [3.8, 4) is 0 Å². The number of ether oxygens (including phenoxy) is 3. The Morgan fingerprint density at radius 2 is 2.05 bits per heavy atom. The van der Waals surface area contributed by atoms with E-state index in [0.29, 0.717) is 12.4 Å². The second kappa shape index (κ2) is 5.48. The van der Waals surface area contributed by atoms with Crippen molar-refractivity contribution in [2.24, 2.45) is 0 Å². The molecule has 3 fully saturated rings. The summed E-state index contributed by atoms with van der Waals surface area (Å²) in [6, 6.07) is 0. The van der Waals surface area contributed by atoms with Gasteiger partial charge in [0.15, 0.2) is 5.79 Å². The number of aliphatic hydroxyl groups excluding tert-OH is 3. The average Bonchev–Trinajstić information content (AvgIpc) is 2.44. The Bertz CT molecular complexity index is 319. The summed E-state index contributed by atoms with van der Waals surface area (Å²) in [4.78, 5) is 0. The van der Waals surface area contributed by atoms with Crippen LogP contribution in [0.2, 0.25) is 0 Å². The first-order chi connectivity index (χ1) is 9.15. The van der Waals surface area contributed by atoms with Gasteiger partial charge in [-0.2, -0.15) is 0 Å². The molecule has 0 aromatic carbocycles. The van der Waals surface area contributed by atoms with E-state index in [0.717, 1.165) is 19.3 Å². The second-order valence-corrected chi connectivity index (χ2v) is 6.40. The molecule has 0 amide bonds. The zero-order valence-electron chi connectivity index (χ0n) is 10.6. The van der Waals surface area contributed by atoms with Crippen LogP contribution in [0.25, 0.3) is 0 Å². The molecule has 7 heteroatoms. The molecule has 3 aliphatic rings. The third-order valence-corrected chi connectivity index (χ3v) is 5.27. The summed E-state index contributed by atoms with van der Waals surface area (Å²) in [6.07, 6.45) is -0.704. The monoisotopic (exact) mass is 292 g/mol. The van der Waals surface area contributed by atoms with E-state index in [1.54, 1.807) is 0 Å². The summed E-state index contributed by atoms with van der Waals surface area (Å²) < 4.78 is 17.3. The highest BCUT2D eigenvalue weighted by Gasteiger charge is 2.53. The van der Waals surface area contributed by atoms with E-state index in [9.17, 15) is 10.2 Å². The van der Waals surface area contributed by atoms with Crippen LogP contribution in [0.3, 0.4) is 0 Å². The van der Waals surface area contributed by atoms with Crippen molar-refractivity contribution in [3.05, 3.63) is 0 Å². The van der Waals surface area contributed by atoms with Crippen LogP contribution in [0.5, 0.6) is 0 Å². The van der Waals surface area contributed by atoms with Crippen LogP contribution in [-0.4, -0.2) is 69.9 Å². The molecule has 3 saturated heterocycles. The predicted molar refractivity (Wildman–Crippen MR) is 67.6 cm³/mol. The first kappa shape index (κ1) is 14.1. The molecule has 0 saturated carbocycles. The number of rotatable bonds is 1. The maximum atomic E-state index is 10.2. The SMILES string of the molecule is OC[C@H]1O[C@H]2SCC3(CCCCO3)O[C@@H]2[C@@H](O)[C@@H]1O. The fourth-order valence-corrected chi connectivity index (χ4v) is 4.18. The molecule has 0 aromatic heterocycles. The molecule has 1 spiro atoms. The molecule has 0 bridgehead atoms. The lowest BCUT2D eigenvalue weighted by atomic mass is 9.99. The molecule has 110 valence electrons. The number of fused-ring (bicyclic) bond motifs is 1. The quantitative estimate of drug-likeness (QED) is 0.598. The molecule has 19 heavy (non-hydrogen) atoms. The Kier molecular flexibility index (Phi) is 4.05. The minimum Gasteiger partial charge on any atom is -0.394 e. The summed E-state index contributed by atoms with van der Waals surface area (Å²) in [5.41, 5.74) is -0.369. The van der Waals surface area contributed by atoms with Gasteiger partial charge in [-0.25, -0.2) is 0 Å². The lowest BCUT2D eigenvalue weighted by molar-refractivity contribution is -0.317. The van der Waals surface area contributed by atoms with E-state index in [4.69, 9.17) is 19.3 Å². The maximum Gasteiger partial charge on any atom is 0.178 e. The third kappa shape index (κ3) is 2.53. The van der Waals surface area contributed by atoms with Gasteiger partial charge in [-0.05, 0) is 12.8 Å². The molecule has 0 aromatic rings. The van der Waals surface area contributed by atoms with Gasteiger partial charge in [-0.15, -0.1) is 11.8 Å². The molecule has 3 N–H and O–H groups in total. The fraction of sp³-hybridized carbons (Fsp3) is 1.00. The van der Waals surface area contributed by atoms with Gasteiger partial charge in [0.1, 0.15) is 29.9 Å². The van der Waals surface area contributed by atoms with Crippen molar-refractivity contribution in [1.82, 2.24) is 0 Å². The van der Waals surface area contributed by atoms with Crippen LogP contribution in [0.15, 0.2) is 0 Å². The minimum absolute atomic E-state index is 0.316. The van der Waals surface area contributed by atoms with Gasteiger partial charge in [0.25, 0.3) is 0 Å². The number of thioether (sulfide) groups is 1. The van der Waals surface area contributed by atoms with Crippen LogP contribution in [0, 0.1) is 0 Å². The smallest absolute Gasteiger partial charge is 0.178 e. The number of hydrogen-bond donors (Lipinski definition) is 3. The molecule has 0 aliphatic carbocycles. The van der Waals surface area contributed by atoms with Gasteiger partial charge in [-0.1, -0.05) is 0 Å². The first-order valence-electron chi connectivity index (χ1n) is 6.71. The summed E-state index contributed by atoms with van der Waals surface area (Å²) in [7, 11) is 0. The highest BCUT2D eigenvalue weighted by Crippen LogP contribution is 2.43. The van der Waals surface area contributed by atoms with Gasteiger partial charge in [0.05, 0.1) is 19.0 Å². The van der Waals surface area contributed by atoms with Gasteiger partial charge in [0, 0.05) is 6.42 Å². The standard InChI is InChI=1S/C12H20O6S/c13-5-7-8(14)9(15)10-11(17-7)19-6-12(18-10)3-1-2-4-16-12/h7-11,13-15H,1-6H2/t7-,8-,9+,10-,11+,12?/m1/s1. The van der Waals surface area contributed by atoms with Crippen molar-refractivity contribution in [2.45, 2.75) is 54.9 Å². The zero-order chi connectivity index (χ0) is 13.5. The highest BCUT2D eigenvalue weighted by molar-refractivity contribution is 7.99. The minimum atomic E-state index is -1.13. The lowest BCUT2D eigenvalue weighted by Crippen LogP contribution is -2.64. The summed E-state index contributed by atoms with van der Waals surface area (Å²) >= 11 is 1.52. The lowest BCUT2D eigenvalue weighted by Gasteiger charge is -2.50. The Balaban J connectivity index is 1.73. The third-order valence-electron chi connectivity index (χ3n) is 3.96. The van der Waals surface area contributed by atoms with E-state index in [1.165, 1.54) is 11.8 Å². The van der Waals surface area contributed by atoms with Crippen LogP contribution in [-0.2, 0) is 14.2 Å². The second-order valence-electron chi connectivity index (χ2n) is 5.32. The van der Waals surface area contributed by atoms with Crippen molar-refractivity contribution in [1.29, 1.82) is 0 Å². The Morgan fingerprint density at radius 1 is 1.21 bits per heavy atom. The molecular formula is C12H20O6S. The average molecular weight is 292 g/mol. The van der Waals surface area contributed by atoms with E-state index in [1.807, 2.05) is 0 Å². The van der Waals surface area contributed by atoms with Crippen LogP contribution in [0.4, 0.5) is 0 Å². The van der Waals surface area contributed by atoms with Crippen molar-refractivity contribution in [3.63, 3.8) is 0 Å². The summed E-state index contributed by atoms with van der Waals surface area (Å²) in [5, 5.41) is 29.2. The molecule has 6 atom stereocenters. The molecule has 1 unspecified atom stereocenters. The van der Waals surface area contributed by atoms with Gasteiger partial charge < -0.3 is 29.5 Å². The van der Waals surface area contributed by atoms with Crippen molar-refractivity contribution in [2.75, 3.05) is 19.0 Å². The Labute approximate surface area is 116 Å². The van der Waals surface area contributed by atoms with E-state index >= 15 is 0 Å². The van der Waals surface area contributed by atoms with Gasteiger partial charge in [0.2, 0.25) is 0 Å². The Hall–Kier alpha value is 0.110. The fourth-order valence-electron chi connectivity index (χ4n) is 2.84. The summed E-state index contributed by atoms with van der Waals surface area (Å²) in [6.45, 7) is 0.348. The van der Waals surface area contributed by atoms with E-state index < -0.39 is 30.2 Å². The summed E-state index contributed by atoms with van der Waals surface area (Å²) in [5.74, 6) is -0.00464. The largest absolute Gasteiger partial charge is 0.394 e. The van der Waals surface area contributed by atoms with Crippen LogP contribution >= 0.6 is 11.8 Å². The van der Waals surface area contributed by atoms with Gasteiger partial charge in [-0.3, -0.25) is 0 Å². The Morgan fingerprint density at radius 3 is 2.74 bits per heavy atom. The van der Waals surface area contributed by atoms with Crippen molar-refractivity contribution < 1.29 is 29.5 Å². The van der Waals surface area contributed by atoms with Crippen LogP contribution < -0.4 is 0 Å². The molecule has 6 nitrogen and oxygen atoms in total. The number of hydrogen-bond acceptors (Lipinski definition) is 7. The van der Waals surface area contributed by atoms with Gasteiger partial charge >= 0.3 is 0 Å². The molecule has 3 aliphatic heterocycles. The molecular weight excluding hydrogens is 272 g/mol. The molecule has 3 heterocycles. The molecule has 0 radical (unpaired) electrons. The predicted octanol–water partition coefficient (Wildman–Crippen LogP) is -0.546. The highest BCUT2D eigenvalue weighted by atomic mass is 32.2. The van der Waals surface area contributed by atoms with Crippen molar-refractivity contribution >= 4 is 11.8 Å². The zero-order valence-corrected chi connectivity index (χ0v) is 11.4. The maximum absolute atomic E-state index is 10.2. The topological polar surface area (TPSA) is 88.4 Å². The number of aliphatic hydroxyl groups is 3. The van der Waals surface area contributed by atoms with Crippen LogP contribution in [0.1, 0.15) is 19.3 Å². The normalized spacial score (nSPS) is 51.0. The van der Waals surface area contributed by atoms with E-state index in [2.05, 4.69) is 0 Å². The first-order valence-corrected chi connectivity index (χ1v) is 7.76. The van der Waals surface area contributed by atoms with E-state index in [-0.39, 0.29) is 12.0 Å².